The maximum absolute atomic E-state index is 11.4. The van der Waals surface area contributed by atoms with Crippen molar-refractivity contribution in [3.8, 4) is 17.0 Å². The summed E-state index contributed by atoms with van der Waals surface area (Å²) in [6.45, 7) is 1.33. The van der Waals surface area contributed by atoms with Crippen molar-refractivity contribution < 1.29 is 13.2 Å². The molecule has 0 saturated heterocycles. The Morgan fingerprint density at radius 1 is 1.03 bits per heavy atom. The second-order valence-corrected chi connectivity index (χ2v) is 10.2. The predicted molar refractivity (Wildman–Crippen MR) is 141 cm³/mol. The largest absolute Gasteiger partial charge is 0.497 e. The second kappa shape index (κ2) is 9.73. The van der Waals surface area contributed by atoms with Gasteiger partial charge in [0, 0.05) is 34.4 Å². The molecule has 5 aromatic rings. The molecule has 2 aromatic heterocycles. The van der Waals surface area contributed by atoms with Crippen LogP contribution in [0.2, 0.25) is 5.02 Å². The lowest BCUT2D eigenvalue weighted by Crippen LogP contribution is -2.11. The van der Waals surface area contributed by atoms with E-state index in [9.17, 15) is 8.42 Å². The molecule has 0 fully saturated rings. The highest BCUT2D eigenvalue weighted by Gasteiger charge is 2.12. The van der Waals surface area contributed by atoms with E-state index in [1.54, 1.807) is 23.9 Å². The van der Waals surface area contributed by atoms with Crippen LogP contribution in [-0.4, -0.2) is 42.1 Å². The molecule has 0 amide bonds. The van der Waals surface area contributed by atoms with Crippen LogP contribution in [0.1, 0.15) is 6.42 Å². The molecule has 3 N–H and O–H groups in total. The van der Waals surface area contributed by atoms with Crippen molar-refractivity contribution in [1.29, 1.82) is 0 Å². The van der Waals surface area contributed by atoms with Crippen molar-refractivity contribution in [3.05, 3.63) is 71.9 Å². The molecule has 0 aliphatic rings. The number of fused-ring (bicyclic) bond motifs is 2. The van der Waals surface area contributed by atoms with Crippen LogP contribution in [0.5, 0.6) is 5.75 Å². The van der Waals surface area contributed by atoms with Crippen LogP contribution in [0.4, 0.5) is 5.69 Å². The number of benzene rings is 3. The summed E-state index contributed by atoms with van der Waals surface area (Å²) in [6.07, 6.45) is 2.62. The number of hydrogen-bond acceptors (Lipinski definition) is 7. The minimum absolute atomic E-state index is 0.0563. The average Bonchev–Trinajstić information content (AvgIpc) is 3.34. The third-order valence-corrected chi connectivity index (χ3v) is 6.99. The molecule has 9 nitrogen and oxygen atoms in total. The molecule has 5 rings (SSSR count). The fourth-order valence-corrected chi connectivity index (χ4v) is 4.71. The molecule has 0 bridgehead atoms. The van der Waals surface area contributed by atoms with Crippen LogP contribution in [-0.2, 0) is 16.6 Å². The van der Waals surface area contributed by atoms with Gasteiger partial charge in [-0.15, -0.1) is 5.10 Å². The average molecular weight is 523 g/mol. The molecule has 11 heteroatoms. The zero-order chi connectivity index (χ0) is 25.3. The van der Waals surface area contributed by atoms with Crippen molar-refractivity contribution in [1.82, 2.24) is 20.0 Å². The van der Waals surface area contributed by atoms with Gasteiger partial charge in [0.15, 0.2) is 0 Å². The van der Waals surface area contributed by atoms with Crippen molar-refractivity contribution in [2.75, 3.05) is 19.0 Å². The minimum atomic E-state index is -3.73. The number of nitrogens with two attached hydrogens (primary N) is 1. The van der Waals surface area contributed by atoms with E-state index in [1.807, 2.05) is 42.6 Å². The van der Waals surface area contributed by atoms with E-state index in [2.05, 4.69) is 15.6 Å². The fraction of sp³-hybridized carbons (Fsp3) is 0.160. The van der Waals surface area contributed by atoms with E-state index >= 15 is 0 Å². The number of nitrogens with zero attached hydrogens (tertiary/aromatic N) is 4. The van der Waals surface area contributed by atoms with E-state index < -0.39 is 10.0 Å². The van der Waals surface area contributed by atoms with E-state index in [0.717, 1.165) is 45.2 Å². The van der Waals surface area contributed by atoms with Gasteiger partial charge >= 0.3 is 0 Å². The summed E-state index contributed by atoms with van der Waals surface area (Å²) >= 11 is 6.21. The lowest BCUT2D eigenvalue weighted by Gasteiger charge is -2.14. The lowest BCUT2D eigenvalue weighted by molar-refractivity contribution is 0.415. The number of anilines is 1. The summed E-state index contributed by atoms with van der Waals surface area (Å²) in [5.74, 6) is 0.757. The number of primary sulfonamides is 1. The van der Waals surface area contributed by atoms with Gasteiger partial charge in [0.2, 0.25) is 10.0 Å². The number of halogens is 1. The maximum atomic E-state index is 11.4. The monoisotopic (exact) mass is 522 g/mol. The van der Waals surface area contributed by atoms with E-state index in [1.165, 1.54) is 12.1 Å². The first-order valence-corrected chi connectivity index (χ1v) is 13.1. The summed E-state index contributed by atoms with van der Waals surface area (Å²) in [4.78, 5) is 4.81. The van der Waals surface area contributed by atoms with E-state index in [0.29, 0.717) is 23.8 Å². The second-order valence-electron chi connectivity index (χ2n) is 8.25. The van der Waals surface area contributed by atoms with Gasteiger partial charge in [0.25, 0.3) is 0 Å². The summed E-state index contributed by atoms with van der Waals surface area (Å²) in [5.41, 5.74) is 4.05. The van der Waals surface area contributed by atoms with Crippen LogP contribution in [0, 0.1) is 0 Å². The molecule has 36 heavy (non-hydrogen) atoms. The zero-order valence-corrected chi connectivity index (χ0v) is 20.9. The van der Waals surface area contributed by atoms with Gasteiger partial charge < -0.3 is 10.1 Å². The van der Waals surface area contributed by atoms with E-state index in [4.69, 9.17) is 26.5 Å². The lowest BCUT2D eigenvalue weighted by atomic mass is 10.1. The Morgan fingerprint density at radius 2 is 1.83 bits per heavy atom. The van der Waals surface area contributed by atoms with Gasteiger partial charge in [0.05, 0.1) is 34.9 Å². The molecular formula is C25H23ClN6O3S. The molecule has 0 unspecified atom stereocenters. The molecule has 0 aliphatic heterocycles. The van der Waals surface area contributed by atoms with Crippen LogP contribution < -0.4 is 15.2 Å². The number of aryl methyl sites for hydroxylation is 1. The summed E-state index contributed by atoms with van der Waals surface area (Å²) in [6, 6.07) is 17.7. The summed E-state index contributed by atoms with van der Waals surface area (Å²) in [5, 5.41) is 19.7. The number of pyridine rings is 1. The molecule has 0 atom stereocenters. The molecule has 2 heterocycles. The third-order valence-electron chi connectivity index (χ3n) is 5.83. The quantitative estimate of drug-likeness (QED) is 0.227. The molecule has 184 valence electrons. The number of hydrogen-bond donors (Lipinski definition) is 2. The molecule has 3 aromatic carbocycles. The molecule has 0 radical (unpaired) electrons. The highest BCUT2D eigenvalue weighted by molar-refractivity contribution is 7.89. The highest BCUT2D eigenvalue weighted by Crippen LogP contribution is 2.34. The highest BCUT2D eigenvalue weighted by atomic mass is 35.5. The van der Waals surface area contributed by atoms with E-state index in [-0.39, 0.29) is 4.90 Å². The minimum Gasteiger partial charge on any atom is -0.497 e. The third kappa shape index (κ3) is 4.97. The summed E-state index contributed by atoms with van der Waals surface area (Å²) in [7, 11) is -2.09. The van der Waals surface area contributed by atoms with Crippen molar-refractivity contribution in [2.45, 2.75) is 17.9 Å². The van der Waals surface area contributed by atoms with Gasteiger partial charge in [-0.05, 0) is 55.0 Å². The first kappa shape index (κ1) is 24.0. The van der Waals surface area contributed by atoms with Crippen LogP contribution in [0.3, 0.4) is 0 Å². The fourth-order valence-electron chi connectivity index (χ4n) is 4.02. The number of nitrogens with one attached hydrogen (secondary N) is 1. The molecule has 0 saturated carbocycles. The first-order chi connectivity index (χ1) is 17.3. The van der Waals surface area contributed by atoms with Gasteiger partial charge in [-0.25, -0.2) is 18.5 Å². The topological polar surface area (TPSA) is 125 Å². The number of sulfonamides is 1. The predicted octanol–water partition coefficient (Wildman–Crippen LogP) is 4.46. The Balaban J connectivity index is 1.31. The molecule has 0 aliphatic carbocycles. The Kier molecular flexibility index (Phi) is 6.48. The Hall–Kier alpha value is -3.73. The summed E-state index contributed by atoms with van der Waals surface area (Å²) < 4.78 is 30.1. The number of aromatic nitrogens is 4. The SMILES string of the molecule is COc1ccc2nc3cc(Cl)ccc3c(NCCCn3cc(-c4ccc(S(N)(=O)=O)cc4)nn3)c2c1. The standard InChI is InChI=1S/C25H23ClN6O3S/c1-35-18-6-10-22-21(14-18)25(20-9-5-17(26)13-23(20)29-22)28-11-2-12-32-15-24(30-31-32)16-3-7-19(8-4-16)36(27,33)34/h3-10,13-15H,2,11-12H2,1H3,(H,28,29)(H2,27,33,34). The number of methoxy groups -OCH3 is 1. The number of ether oxygens (including phenoxy) is 1. The Morgan fingerprint density at radius 3 is 2.58 bits per heavy atom. The van der Waals surface area contributed by atoms with Gasteiger partial charge in [-0.2, -0.15) is 0 Å². The zero-order valence-electron chi connectivity index (χ0n) is 19.3. The maximum Gasteiger partial charge on any atom is 0.238 e. The van der Waals surface area contributed by atoms with Crippen LogP contribution in [0.25, 0.3) is 33.1 Å². The number of rotatable bonds is 8. The van der Waals surface area contributed by atoms with Crippen LogP contribution >= 0.6 is 11.6 Å². The Bertz CT molecular complexity index is 1670. The van der Waals surface area contributed by atoms with Crippen LogP contribution in [0.15, 0.2) is 71.8 Å². The van der Waals surface area contributed by atoms with Gasteiger partial charge in [-0.3, -0.25) is 4.68 Å². The van der Waals surface area contributed by atoms with Gasteiger partial charge in [0.1, 0.15) is 11.4 Å². The van der Waals surface area contributed by atoms with Crippen molar-refractivity contribution >= 4 is 49.1 Å². The first-order valence-electron chi connectivity index (χ1n) is 11.2. The van der Waals surface area contributed by atoms with Crippen molar-refractivity contribution in [3.63, 3.8) is 0 Å². The van der Waals surface area contributed by atoms with Gasteiger partial charge in [-0.1, -0.05) is 28.9 Å². The molecular weight excluding hydrogens is 500 g/mol. The normalized spacial score (nSPS) is 11.8. The Labute approximate surface area is 212 Å². The smallest absolute Gasteiger partial charge is 0.238 e. The molecule has 0 spiro atoms. The van der Waals surface area contributed by atoms with Crippen molar-refractivity contribution in [2.24, 2.45) is 5.14 Å².